The van der Waals surface area contributed by atoms with Gasteiger partial charge in [0.2, 0.25) is 0 Å². The van der Waals surface area contributed by atoms with Crippen LogP contribution in [-0.2, 0) is 16.4 Å². The van der Waals surface area contributed by atoms with Crippen molar-refractivity contribution in [2.75, 3.05) is 16.8 Å². The van der Waals surface area contributed by atoms with E-state index in [-0.39, 0.29) is 35.7 Å². The Bertz CT molecular complexity index is 772. The normalized spacial score (nSPS) is 19.4. The molecule has 2 N–H and O–H groups in total. The first-order valence-electron chi connectivity index (χ1n) is 7.13. The molecular formula is C14H16N4O4S. The predicted octanol–water partition coefficient (Wildman–Crippen LogP) is 0.599. The van der Waals surface area contributed by atoms with Gasteiger partial charge in [0.1, 0.15) is 11.6 Å². The molecule has 1 saturated heterocycles. The van der Waals surface area contributed by atoms with Crippen LogP contribution in [0.4, 0.5) is 5.82 Å². The molecule has 0 aromatic carbocycles. The lowest BCUT2D eigenvalue weighted by atomic mass is 10.2. The van der Waals surface area contributed by atoms with Gasteiger partial charge in [0.15, 0.2) is 15.5 Å². The van der Waals surface area contributed by atoms with Crippen molar-refractivity contribution >= 4 is 21.6 Å². The smallest absolute Gasteiger partial charge is 0.272 e. The second kappa shape index (κ2) is 6.37. The van der Waals surface area contributed by atoms with Gasteiger partial charge >= 0.3 is 0 Å². The topological polar surface area (TPSA) is 114 Å². The summed E-state index contributed by atoms with van der Waals surface area (Å²) in [5, 5.41) is 13.5. The molecule has 0 saturated carbocycles. The van der Waals surface area contributed by atoms with Gasteiger partial charge in [-0.15, -0.1) is 10.2 Å². The number of hydrogen-bond acceptors (Lipinski definition) is 7. The van der Waals surface area contributed by atoms with E-state index in [1.165, 1.54) is 12.3 Å². The van der Waals surface area contributed by atoms with Crippen molar-refractivity contribution in [1.82, 2.24) is 15.5 Å². The second-order valence-electron chi connectivity index (χ2n) is 5.31. The van der Waals surface area contributed by atoms with Gasteiger partial charge in [-0.05, 0) is 30.7 Å². The van der Waals surface area contributed by atoms with E-state index in [0.29, 0.717) is 18.0 Å². The molecule has 1 unspecified atom stereocenters. The molecule has 23 heavy (non-hydrogen) atoms. The predicted molar refractivity (Wildman–Crippen MR) is 82.6 cm³/mol. The number of amides is 1. The second-order valence-corrected chi connectivity index (χ2v) is 7.54. The van der Waals surface area contributed by atoms with Gasteiger partial charge in [0.05, 0.1) is 24.3 Å². The first kappa shape index (κ1) is 15.5. The van der Waals surface area contributed by atoms with Crippen LogP contribution in [0.25, 0.3) is 0 Å². The van der Waals surface area contributed by atoms with Gasteiger partial charge in [-0.2, -0.15) is 0 Å². The zero-order valence-electron chi connectivity index (χ0n) is 12.2. The summed E-state index contributed by atoms with van der Waals surface area (Å²) in [5.41, 5.74) is 0.182. The number of carbonyl (C=O) groups excluding carboxylic acids is 1. The maximum Gasteiger partial charge on any atom is 0.272 e. The molecule has 9 heteroatoms. The molecule has 3 rings (SSSR count). The van der Waals surface area contributed by atoms with E-state index in [2.05, 4.69) is 20.8 Å². The number of aromatic nitrogens is 2. The Balaban J connectivity index is 1.55. The van der Waals surface area contributed by atoms with Crippen LogP contribution in [0.2, 0.25) is 0 Å². The fraction of sp³-hybridized carbons (Fsp3) is 0.357. The first-order chi connectivity index (χ1) is 11.0. The van der Waals surface area contributed by atoms with Gasteiger partial charge < -0.3 is 15.1 Å². The van der Waals surface area contributed by atoms with Gasteiger partial charge in [-0.3, -0.25) is 4.79 Å². The van der Waals surface area contributed by atoms with Crippen molar-refractivity contribution in [1.29, 1.82) is 0 Å². The Hall–Kier alpha value is -2.42. The first-order valence-corrected chi connectivity index (χ1v) is 8.95. The van der Waals surface area contributed by atoms with Crippen LogP contribution < -0.4 is 10.6 Å². The van der Waals surface area contributed by atoms with Crippen molar-refractivity contribution in [2.45, 2.75) is 19.0 Å². The standard InChI is InChI=1S/C14H16N4O4S/c19-14(15-8-11-2-1-6-22-11)12-3-4-13(18-17-12)16-10-5-7-23(20,21)9-10/h1-4,6,10H,5,7-9H2,(H,15,19)(H,16,18). The third-order valence-electron chi connectivity index (χ3n) is 3.48. The van der Waals surface area contributed by atoms with Gasteiger partial charge in [-0.1, -0.05) is 0 Å². The summed E-state index contributed by atoms with van der Waals surface area (Å²) in [5.74, 6) is 1.02. The lowest BCUT2D eigenvalue weighted by molar-refractivity contribution is 0.0942. The Kier molecular flexibility index (Phi) is 4.28. The number of nitrogens with one attached hydrogen (secondary N) is 2. The SMILES string of the molecule is O=C(NCc1ccco1)c1ccc(NC2CCS(=O)(=O)C2)nn1. The fourth-order valence-electron chi connectivity index (χ4n) is 2.32. The molecular weight excluding hydrogens is 320 g/mol. The van der Waals surface area contributed by atoms with Gasteiger partial charge in [0, 0.05) is 6.04 Å². The largest absolute Gasteiger partial charge is 0.467 e. The quantitative estimate of drug-likeness (QED) is 0.821. The van der Waals surface area contributed by atoms with E-state index in [4.69, 9.17) is 4.42 Å². The van der Waals surface area contributed by atoms with E-state index >= 15 is 0 Å². The summed E-state index contributed by atoms with van der Waals surface area (Å²) in [7, 11) is -2.95. The van der Waals surface area contributed by atoms with E-state index < -0.39 is 9.84 Å². The van der Waals surface area contributed by atoms with Crippen LogP contribution in [0.15, 0.2) is 34.9 Å². The average Bonchev–Trinajstić information content (AvgIpc) is 3.15. The molecule has 2 aromatic heterocycles. The molecule has 0 bridgehead atoms. The summed E-state index contributed by atoms with van der Waals surface area (Å²) < 4.78 is 27.9. The molecule has 1 amide bonds. The zero-order chi connectivity index (χ0) is 16.3. The molecule has 1 atom stereocenters. The molecule has 0 spiro atoms. The molecule has 3 heterocycles. The van der Waals surface area contributed by atoms with Crippen LogP contribution in [0.3, 0.4) is 0 Å². The minimum absolute atomic E-state index is 0.0973. The molecule has 0 radical (unpaired) electrons. The molecule has 2 aromatic rings. The maximum atomic E-state index is 11.9. The number of anilines is 1. The van der Waals surface area contributed by atoms with Crippen molar-refractivity contribution in [2.24, 2.45) is 0 Å². The van der Waals surface area contributed by atoms with Crippen molar-refractivity contribution in [3.63, 3.8) is 0 Å². The van der Waals surface area contributed by atoms with E-state index in [1.807, 2.05) is 0 Å². The number of furan rings is 1. The molecule has 0 aliphatic carbocycles. The average molecular weight is 336 g/mol. The highest BCUT2D eigenvalue weighted by Gasteiger charge is 2.28. The molecule has 122 valence electrons. The molecule has 1 aliphatic rings. The fourth-order valence-corrected chi connectivity index (χ4v) is 3.99. The number of nitrogens with zero attached hydrogens (tertiary/aromatic N) is 2. The van der Waals surface area contributed by atoms with Crippen LogP contribution in [0.1, 0.15) is 22.7 Å². The Morgan fingerprint density at radius 2 is 2.17 bits per heavy atom. The zero-order valence-corrected chi connectivity index (χ0v) is 13.0. The lowest BCUT2D eigenvalue weighted by Crippen LogP contribution is -2.25. The Labute approximate surface area is 133 Å². The molecule has 8 nitrogen and oxygen atoms in total. The summed E-state index contributed by atoms with van der Waals surface area (Å²) in [4.78, 5) is 11.9. The van der Waals surface area contributed by atoms with Gasteiger partial charge in [0.25, 0.3) is 5.91 Å². The van der Waals surface area contributed by atoms with Crippen LogP contribution in [-0.4, -0.2) is 42.1 Å². The Morgan fingerprint density at radius 1 is 1.30 bits per heavy atom. The minimum atomic E-state index is -2.95. The number of rotatable bonds is 5. The highest BCUT2D eigenvalue weighted by atomic mass is 32.2. The maximum absolute atomic E-state index is 11.9. The number of carbonyl (C=O) groups is 1. The van der Waals surface area contributed by atoms with E-state index in [0.717, 1.165) is 0 Å². The van der Waals surface area contributed by atoms with Crippen molar-refractivity contribution < 1.29 is 17.6 Å². The highest BCUT2D eigenvalue weighted by molar-refractivity contribution is 7.91. The van der Waals surface area contributed by atoms with E-state index in [9.17, 15) is 13.2 Å². The molecule has 1 fully saturated rings. The summed E-state index contributed by atoms with van der Waals surface area (Å²) in [6, 6.07) is 6.49. The summed E-state index contributed by atoms with van der Waals surface area (Å²) in [6.45, 7) is 0.271. The number of sulfone groups is 1. The van der Waals surface area contributed by atoms with Crippen molar-refractivity contribution in [3.8, 4) is 0 Å². The third-order valence-corrected chi connectivity index (χ3v) is 5.25. The lowest BCUT2D eigenvalue weighted by Gasteiger charge is -2.10. The van der Waals surface area contributed by atoms with Crippen LogP contribution in [0.5, 0.6) is 0 Å². The van der Waals surface area contributed by atoms with Crippen LogP contribution >= 0.6 is 0 Å². The number of hydrogen-bond donors (Lipinski definition) is 2. The Morgan fingerprint density at radius 3 is 2.78 bits per heavy atom. The highest BCUT2D eigenvalue weighted by Crippen LogP contribution is 2.15. The molecule has 1 aliphatic heterocycles. The van der Waals surface area contributed by atoms with E-state index in [1.54, 1.807) is 18.2 Å². The third kappa shape index (κ3) is 4.07. The van der Waals surface area contributed by atoms with Gasteiger partial charge in [-0.25, -0.2) is 8.42 Å². The minimum Gasteiger partial charge on any atom is -0.467 e. The summed E-state index contributed by atoms with van der Waals surface area (Å²) >= 11 is 0. The monoisotopic (exact) mass is 336 g/mol. The summed E-state index contributed by atoms with van der Waals surface area (Å²) in [6.07, 6.45) is 2.08. The van der Waals surface area contributed by atoms with Crippen molar-refractivity contribution in [3.05, 3.63) is 42.0 Å². The van der Waals surface area contributed by atoms with Crippen LogP contribution in [0, 0.1) is 0 Å².